The summed E-state index contributed by atoms with van der Waals surface area (Å²) in [5, 5.41) is 51.2. The summed E-state index contributed by atoms with van der Waals surface area (Å²) in [6.45, 7) is 3.03. The molecule has 1 amide bonds. The Morgan fingerprint density at radius 3 is 1.30 bits per heavy atom. The van der Waals surface area contributed by atoms with Crippen LogP contribution in [0.3, 0.4) is 0 Å². The van der Waals surface area contributed by atoms with Gasteiger partial charge in [-0.05, 0) is 12.8 Å². The van der Waals surface area contributed by atoms with E-state index in [0.29, 0.717) is 12.8 Å². The van der Waals surface area contributed by atoms with Gasteiger partial charge in [0, 0.05) is 6.42 Å². The number of hydrogen-bond acceptors (Lipinski definition) is 7. The lowest BCUT2D eigenvalue weighted by Crippen LogP contribution is -2.51. The molecule has 5 atom stereocenters. The molecular formula is C36H73NO7. The van der Waals surface area contributed by atoms with Crippen LogP contribution in [-0.4, -0.2) is 81.7 Å². The third kappa shape index (κ3) is 26.4. The normalized spacial score (nSPS) is 15.2. The number of rotatable bonds is 34. The minimum absolute atomic E-state index is 0.126. The topological polar surface area (TPSA) is 139 Å². The highest BCUT2D eigenvalue weighted by Gasteiger charge is 2.27. The molecule has 8 heteroatoms. The van der Waals surface area contributed by atoms with Crippen LogP contribution < -0.4 is 5.32 Å². The van der Waals surface area contributed by atoms with Crippen molar-refractivity contribution in [2.75, 3.05) is 19.8 Å². The molecule has 6 N–H and O–H groups in total. The molecule has 0 aromatic rings. The van der Waals surface area contributed by atoms with Crippen LogP contribution in [0.5, 0.6) is 0 Å². The highest BCUT2D eigenvalue weighted by Crippen LogP contribution is 2.16. The zero-order valence-electron chi connectivity index (χ0n) is 28.7. The number of unbranched alkanes of at least 4 members (excludes halogenated alkanes) is 22. The van der Waals surface area contributed by atoms with E-state index in [9.17, 15) is 25.2 Å². The standard InChI is InChI=1S/C36H73NO7/c1-3-5-6-7-8-9-10-11-12-13-14-15-16-17-18-19-20-21-22-23-24-25-26-27-35(42)37-31(36(43)32(39)4-2)29-44-30-34(41)33(40)28-38/h31-34,36,38-41,43H,3-30H2,1-2H3,(H,37,42). The molecule has 0 aliphatic heterocycles. The molecule has 0 radical (unpaired) electrons. The SMILES string of the molecule is CCCCCCCCCCCCCCCCCCCCCCCCCC(=O)NC(COCC(O)C(O)CO)C(O)C(O)CC. The summed E-state index contributed by atoms with van der Waals surface area (Å²) in [6.07, 6.45) is 26.3. The summed E-state index contributed by atoms with van der Waals surface area (Å²) >= 11 is 0. The number of carbonyl (C=O) groups excluding carboxylic acids is 1. The first-order chi connectivity index (χ1) is 21.4. The van der Waals surface area contributed by atoms with E-state index in [1.807, 2.05) is 0 Å². The van der Waals surface area contributed by atoms with E-state index in [4.69, 9.17) is 9.84 Å². The molecule has 8 nitrogen and oxygen atoms in total. The van der Waals surface area contributed by atoms with Gasteiger partial charge < -0.3 is 35.6 Å². The van der Waals surface area contributed by atoms with Crippen molar-refractivity contribution in [3.8, 4) is 0 Å². The van der Waals surface area contributed by atoms with Gasteiger partial charge in [0.15, 0.2) is 0 Å². The van der Waals surface area contributed by atoms with E-state index in [2.05, 4.69) is 12.2 Å². The van der Waals surface area contributed by atoms with Crippen LogP contribution in [0.15, 0.2) is 0 Å². The van der Waals surface area contributed by atoms with Crippen LogP contribution in [0.4, 0.5) is 0 Å². The molecule has 0 aromatic heterocycles. The molecule has 0 bridgehead atoms. The summed E-state index contributed by atoms with van der Waals surface area (Å²) < 4.78 is 5.35. The number of ether oxygens (including phenoxy) is 1. The number of carbonyl (C=O) groups is 1. The minimum Gasteiger partial charge on any atom is -0.394 e. The second-order valence-corrected chi connectivity index (χ2v) is 13.0. The Labute approximate surface area is 270 Å². The zero-order valence-corrected chi connectivity index (χ0v) is 28.7. The molecular weight excluding hydrogens is 558 g/mol. The lowest BCUT2D eigenvalue weighted by atomic mass is 10.0. The van der Waals surface area contributed by atoms with Crippen molar-refractivity contribution in [1.29, 1.82) is 0 Å². The first kappa shape index (κ1) is 43.2. The molecule has 0 saturated carbocycles. The summed E-state index contributed by atoms with van der Waals surface area (Å²) in [7, 11) is 0. The van der Waals surface area contributed by atoms with Crippen molar-refractivity contribution in [3.05, 3.63) is 0 Å². The minimum atomic E-state index is -1.33. The number of aliphatic hydroxyl groups is 5. The first-order valence-corrected chi connectivity index (χ1v) is 18.6. The molecule has 0 aromatic carbocycles. The number of aliphatic hydroxyl groups excluding tert-OH is 5. The fourth-order valence-corrected chi connectivity index (χ4v) is 5.63. The van der Waals surface area contributed by atoms with Crippen LogP contribution in [0.1, 0.15) is 174 Å². The molecule has 0 spiro atoms. The average Bonchev–Trinajstić information content (AvgIpc) is 3.03. The van der Waals surface area contributed by atoms with Crippen molar-refractivity contribution < 1.29 is 35.1 Å². The smallest absolute Gasteiger partial charge is 0.220 e. The quantitative estimate of drug-likeness (QED) is 0.0434. The van der Waals surface area contributed by atoms with Crippen LogP contribution in [0, 0.1) is 0 Å². The summed E-state index contributed by atoms with van der Waals surface area (Å²) in [5.74, 6) is -0.208. The molecule has 0 heterocycles. The van der Waals surface area contributed by atoms with Crippen molar-refractivity contribution in [2.45, 2.75) is 205 Å². The largest absolute Gasteiger partial charge is 0.394 e. The van der Waals surface area contributed by atoms with Gasteiger partial charge in [-0.2, -0.15) is 0 Å². The van der Waals surface area contributed by atoms with E-state index >= 15 is 0 Å². The molecule has 0 saturated heterocycles. The number of amides is 1. The lowest BCUT2D eigenvalue weighted by Gasteiger charge is -2.28. The average molecular weight is 632 g/mol. The predicted octanol–water partition coefficient (Wildman–Crippen LogP) is 6.72. The third-order valence-electron chi connectivity index (χ3n) is 8.80. The van der Waals surface area contributed by atoms with Crippen molar-refractivity contribution in [1.82, 2.24) is 5.32 Å². The second kappa shape index (κ2) is 32.2. The van der Waals surface area contributed by atoms with Gasteiger partial charge in [-0.25, -0.2) is 0 Å². The molecule has 44 heavy (non-hydrogen) atoms. The van der Waals surface area contributed by atoms with E-state index in [0.717, 1.165) is 19.3 Å². The first-order valence-electron chi connectivity index (χ1n) is 18.6. The van der Waals surface area contributed by atoms with Crippen molar-refractivity contribution >= 4 is 5.91 Å². The maximum Gasteiger partial charge on any atom is 0.220 e. The monoisotopic (exact) mass is 632 g/mol. The molecule has 0 aliphatic carbocycles. The van der Waals surface area contributed by atoms with Gasteiger partial charge in [0.25, 0.3) is 0 Å². The van der Waals surface area contributed by atoms with E-state index < -0.39 is 37.1 Å². The number of nitrogens with one attached hydrogen (secondary N) is 1. The molecule has 0 rings (SSSR count). The maximum absolute atomic E-state index is 12.5. The van der Waals surface area contributed by atoms with Crippen LogP contribution in [0.2, 0.25) is 0 Å². The Morgan fingerprint density at radius 2 is 0.932 bits per heavy atom. The second-order valence-electron chi connectivity index (χ2n) is 13.0. The fourth-order valence-electron chi connectivity index (χ4n) is 5.63. The fraction of sp³-hybridized carbons (Fsp3) is 0.972. The highest BCUT2D eigenvalue weighted by atomic mass is 16.5. The summed E-state index contributed by atoms with van der Waals surface area (Å²) in [4.78, 5) is 12.5. The molecule has 0 aliphatic rings. The molecule has 264 valence electrons. The Balaban J connectivity index is 3.67. The van der Waals surface area contributed by atoms with Gasteiger partial charge in [-0.3, -0.25) is 4.79 Å². The van der Waals surface area contributed by atoms with E-state index in [-0.39, 0.29) is 19.1 Å². The van der Waals surface area contributed by atoms with Gasteiger partial charge in [-0.1, -0.05) is 155 Å². The van der Waals surface area contributed by atoms with Gasteiger partial charge in [0.05, 0.1) is 32.0 Å². The Hall–Kier alpha value is -0.770. The third-order valence-corrected chi connectivity index (χ3v) is 8.80. The number of hydrogen-bond donors (Lipinski definition) is 6. The Kier molecular flexibility index (Phi) is 31.6. The van der Waals surface area contributed by atoms with Crippen LogP contribution >= 0.6 is 0 Å². The highest BCUT2D eigenvalue weighted by molar-refractivity contribution is 5.76. The van der Waals surface area contributed by atoms with E-state index in [1.165, 1.54) is 128 Å². The van der Waals surface area contributed by atoms with Gasteiger partial charge in [-0.15, -0.1) is 0 Å². The molecule has 5 unspecified atom stereocenters. The Bertz CT molecular complexity index is 609. The predicted molar refractivity (Wildman–Crippen MR) is 181 cm³/mol. The van der Waals surface area contributed by atoms with Gasteiger partial charge in [0.2, 0.25) is 5.91 Å². The van der Waals surface area contributed by atoms with Crippen molar-refractivity contribution in [3.63, 3.8) is 0 Å². The zero-order chi connectivity index (χ0) is 32.7. The lowest BCUT2D eigenvalue weighted by molar-refractivity contribution is -0.125. The van der Waals surface area contributed by atoms with Crippen LogP contribution in [-0.2, 0) is 9.53 Å². The summed E-state index contributed by atoms with van der Waals surface area (Å²) in [6, 6.07) is -0.833. The Morgan fingerprint density at radius 1 is 0.545 bits per heavy atom. The maximum atomic E-state index is 12.5. The van der Waals surface area contributed by atoms with Gasteiger partial charge in [0.1, 0.15) is 18.3 Å². The van der Waals surface area contributed by atoms with Gasteiger partial charge >= 0.3 is 0 Å². The van der Waals surface area contributed by atoms with E-state index in [1.54, 1.807) is 6.92 Å². The molecule has 0 fully saturated rings. The van der Waals surface area contributed by atoms with Crippen LogP contribution in [0.25, 0.3) is 0 Å². The van der Waals surface area contributed by atoms with Crippen molar-refractivity contribution in [2.24, 2.45) is 0 Å². The summed E-state index contributed by atoms with van der Waals surface area (Å²) in [5.41, 5.74) is 0.